The van der Waals surface area contributed by atoms with Crippen LogP contribution < -0.4 is 0 Å². The zero-order valence-electron chi connectivity index (χ0n) is 52.0. The molecular formula is C75H118O6. The summed E-state index contributed by atoms with van der Waals surface area (Å²) in [6, 6.07) is 0. The molecule has 0 fully saturated rings. The van der Waals surface area contributed by atoms with Crippen molar-refractivity contribution in [1.82, 2.24) is 0 Å². The topological polar surface area (TPSA) is 78.9 Å². The van der Waals surface area contributed by atoms with Crippen LogP contribution in [-0.4, -0.2) is 37.2 Å². The number of unbranched alkanes of at least 4 members (excludes halogenated alkanes) is 18. The molecule has 0 spiro atoms. The lowest BCUT2D eigenvalue weighted by Crippen LogP contribution is -2.30. The van der Waals surface area contributed by atoms with Gasteiger partial charge in [0.25, 0.3) is 0 Å². The third kappa shape index (κ3) is 65.5. The van der Waals surface area contributed by atoms with Crippen molar-refractivity contribution >= 4 is 17.9 Å². The van der Waals surface area contributed by atoms with Gasteiger partial charge in [0.05, 0.1) is 0 Å². The van der Waals surface area contributed by atoms with Crippen LogP contribution in [0.15, 0.2) is 170 Å². The lowest BCUT2D eigenvalue weighted by atomic mass is 10.1. The fourth-order valence-corrected chi connectivity index (χ4v) is 8.43. The maximum atomic E-state index is 12.9. The van der Waals surface area contributed by atoms with Crippen LogP contribution in [0.2, 0.25) is 0 Å². The molecule has 1 atom stereocenters. The normalized spacial score (nSPS) is 13.3. The molecule has 0 amide bonds. The van der Waals surface area contributed by atoms with E-state index in [1.54, 1.807) is 0 Å². The van der Waals surface area contributed by atoms with E-state index in [4.69, 9.17) is 14.2 Å². The van der Waals surface area contributed by atoms with Gasteiger partial charge in [0.1, 0.15) is 13.2 Å². The SMILES string of the molecule is CC/C=C\C/C=C\C/C=C\C/C=C\C/C=C\C/C=C\CCCCCCCCCCC(=O)OCC(COC(=O)CCCCCC/C=C\C/C=C\C/C=C\C/C=C\CC)OC(=O)CCCCCCCC/C=C\C/C=C\C/C=C\C/C=C\CC. The van der Waals surface area contributed by atoms with Gasteiger partial charge in [0, 0.05) is 19.3 Å². The van der Waals surface area contributed by atoms with Crippen LogP contribution in [0.3, 0.4) is 0 Å². The van der Waals surface area contributed by atoms with Gasteiger partial charge in [-0.15, -0.1) is 0 Å². The Kier molecular flexibility index (Phi) is 62.9. The van der Waals surface area contributed by atoms with Gasteiger partial charge in [-0.05, 0) is 148 Å². The zero-order valence-corrected chi connectivity index (χ0v) is 52.0. The Morgan fingerprint density at radius 1 is 0.247 bits per heavy atom. The van der Waals surface area contributed by atoms with Crippen LogP contribution >= 0.6 is 0 Å². The Morgan fingerprint density at radius 2 is 0.444 bits per heavy atom. The van der Waals surface area contributed by atoms with E-state index in [0.29, 0.717) is 19.3 Å². The summed E-state index contributed by atoms with van der Waals surface area (Å²) in [4.78, 5) is 38.4. The number of rotatable bonds is 57. The number of hydrogen-bond donors (Lipinski definition) is 0. The standard InChI is InChI=1S/C75H118O6/c1-4-7-10-13-16-19-22-25-28-31-33-34-35-36-37-38-39-40-42-44-47-50-53-56-59-62-65-68-74(77)80-71-72(70-79-73(76)67-64-61-58-55-52-49-46-43-30-27-24-21-18-15-12-9-6-3)81-75(78)69-66-63-60-57-54-51-48-45-41-32-29-26-23-20-17-14-11-8-5-2/h7-12,16-21,25-30,33-34,36-37,39-41,45-46,49,72H,4-6,13-15,22-24,31-32,35,38,42-44,47-48,50-71H2,1-3H3/b10-7-,11-8-,12-9-,19-16-,20-17-,21-18-,28-25-,29-26-,30-27-,34-33-,37-36-,40-39-,45-41-,49-46-. The minimum absolute atomic E-state index is 0.104. The predicted molar refractivity (Wildman–Crippen MR) is 352 cm³/mol. The summed E-state index contributed by atoms with van der Waals surface area (Å²) in [5, 5.41) is 0. The molecule has 0 aromatic carbocycles. The molecule has 0 N–H and O–H groups in total. The second-order valence-electron chi connectivity index (χ2n) is 20.9. The van der Waals surface area contributed by atoms with E-state index in [-0.39, 0.29) is 31.1 Å². The van der Waals surface area contributed by atoms with Crippen molar-refractivity contribution in [3.05, 3.63) is 170 Å². The van der Waals surface area contributed by atoms with Crippen LogP contribution in [0.5, 0.6) is 0 Å². The highest BCUT2D eigenvalue weighted by Crippen LogP contribution is 2.14. The summed E-state index contributed by atoms with van der Waals surface area (Å²) < 4.78 is 16.9. The van der Waals surface area contributed by atoms with Gasteiger partial charge in [-0.25, -0.2) is 0 Å². The van der Waals surface area contributed by atoms with E-state index in [1.807, 2.05) is 0 Å². The first-order chi connectivity index (χ1) is 40.0. The maximum absolute atomic E-state index is 12.9. The molecule has 81 heavy (non-hydrogen) atoms. The number of ether oxygens (including phenoxy) is 3. The second kappa shape index (κ2) is 67.3. The molecule has 0 radical (unpaired) electrons. The van der Waals surface area contributed by atoms with Gasteiger partial charge in [0.2, 0.25) is 0 Å². The molecule has 454 valence electrons. The van der Waals surface area contributed by atoms with Crippen molar-refractivity contribution in [3.8, 4) is 0 Å². The predicted octanol–water partition coefficient (Wildman–Crippen LogP) is 22.7. The maximum Gasteiger partial charge on any atom is 0.306 e. The highest BCUT2D eigenvalue weighted by molar-refractivity contribution is 5.71. The number of allylic oxidation sites excluding steroid dienone is 28. The summed E-state index contributed by atoms with van der Waals surface area (Å²) in [6.07, 6.45) is 99.2. The molecule has 0 heterocycles. The van der Waals surface area contributed by atoms with Crippen molar-refractivity contribution in [2.45, 2.75) is 271 Å². The van der Waals surface area contributed by atoms with Gasteiger partial charge >= 0.3 is 17.9 Å². The van der Waals surface area contributed by atoms with Crippen LogP contribution in [0.1, 0.15) is 265 Å². The fraction of sp³-hybridized carbons (Fsp3) is 0.587. The van der Waals surface area contributed by atoms with Crippen molar-refractivity contribution in [3.63, 3.8) is 0 Å². The van der Waals surface area contributed by atoms with Crippen LogP contribution in [0.4, 0.5) is 0 Å². The number of carbonyl (C=O) groups is 3. The summed E-state index contributed by atoms with van der Waals surface area (Å²) >= 11 is 0. The van der Waals surface area contributed by atoms with E-state index >= 15 is 0 Å². The van der Waals surface area contributed by atoms with E-state index in [0.717, 1.165) is 180 Å². The van der Waals surface area contributed by atoms with E-state index in [1.165, 1.54) is 44.9 Å². The molecule has 0 aromatic heterocycles. The summed E-state index contributed by atoms with van der Waals surface area (Å²) in [5.74, 6) is -0.953. The molecule has 6 nitrogen and oxygen atoms in total. The molecule has 0 aliphatic heterocycles. The Hall–Kier alpha value is -5.23. The first-order valence-electron chi connectivity index (χ1n) is 32.6. The van der Waals surface area contributed by atoms with Crippen LogP contribution in [0.25, 0.3) is 0 Å². The van der Waals surface area contributed by atoms with Crippen molar-refractivity contribution in [2.24, 2.45) is 0 Å². The molecule has 0 aliphatic carbocycles. The number of carbonyl (C=O) groups excluding carboxylic acids is 3. The van der Waals surface area contributed by atoms with Gasteiger partial charge in [-0.2, -0.15) is 0 Å². The van der Waals surface area contributed by atoms with Gasteiger partial charge in [0.15, 0.2) is 6.10 Å². The molecule has 0 aliphatic rings. The van der Waals surface area contributed by atoms with E-state index < -0.39 is 6.10 Å². The number of esters is 3. The molecule has 0 saturated heterocycles. The minimum Gasteiger partial charge on any atom is -0.462 e. The smallest absolute Gasteiger partial charge is 0.306 e. The fourth-order valence-electron chi connectivity index (χ4n) is 8.43. The first kappa shape index (κ1) is 75.8. The quantitative estimate of drug-likeness (QED) is 0.0261. The zero-order chi connectivity index (χ0) is 58.5. The monoisotopic (exact) mass is 1110 g/mol. The van der Waals surface area contributed by atoms with Gasteiger partial charge < -0.3 is 14.2 Å². The van der Waals surface area contributed by atoms with Crippen molar-refractivity contribution in [1.29, 1.82) is 0 Å². The lowest BCUT2D eigenvalue weighted by Gasteiger charge is -2.18. The Morgan fingerprint density at radius 3 is 0.691 bits per heavy atom. The number of hydrogen-bond acceptors (Lipinski definition) is 6. The highest BCUT2D eigenvalue weighted by Gasteiger charge is 2.19. The molecule has 0 rings (SSSR count). The third-order valence-corrected chi connectivity index (χ3v) is 13.2. The van der Waals surface area contributed by atoms with E-state index in [9.17, 15) is 14.4 Å². The third-order valence-electron chi connectivity index (χ3n) is 13.2. The van der Waals surface area contributed by atoms with E-state index in [2.05, 4.69) is 191 Å². The first-order valence-corrected chi connectivity index (χ1v) is 32.6. The highest BCUT2D eigenvalue weighted by atomic mass is 16.6. The summed E-state index contributed by atoms with van der Waals surface area (Å²) in [6.45, 7) is 6.26. The minimum atomic E-state index is -0.811. The van der Waals surface area contributed by atoms with Crippen molar-refractivity contribution in [2.75, 3.05) is 13.2 Å². The molecular weight excluding hydrogens is 997 g/mol. The summed E-state index contributed by atoms with van der Waals surface area (Å²) in [7, 11) is 0. The average Bonchev–Trinajstić information content (AvgIpc) is 3.47. The Balaban J connectivity index is 4.46. The van der Waals surface area contributed by atoms with Crippen LogP contribution in [-0.2, 0) is 28.6 Å². The molecule has 0 saturated carbocycles. The average molecular weight is 1120 g/mol. The lowest BCUT2D eigenvalue weighted by molar-refractivity contribution is -0.167. The summed E-state index contributed by atoms with van der Waals surface area (Å²) in [5.41, 5.74) is 0. The molecule has 0 bridgehead atoms. The second-order valence-corrected chi connectivity index (χ2v) is 20.9. The van der Waals surface area contributed by atoms with Gasteiger partial charge in [-0.1, -0.05) is 268 Å². The van der Waals surface area contributed by atoms with Crippen LogP contribution in [0, 0.1) is 0 Å². The van der Waals surface area contributed by atoms with Crippen molar-refractivity contribution < 1.29 is 28.6 Å². The Bertz CT molecular complexity index is 1860. The Labute approximate surface area is 498 Å². The molecule has 0 aromatic rings. The molecule has 1 unspecified atom stereocenters. The largest absolute Gasteiger partial charge is 0.462 e. The van der Waals surface area contributed by atoms with Gasteiger partial charge in [-0.3, -0.25) is 14.4 Å². The molecule has 6 heteroatoms.